The van der Waals surface area contributed by atoms with E-state index in [1.54, 1.807) is 17.8 Å². The van der Waals surface area contributed by atoms with Gasteiger partial charge in [-0.2, -0.15) is 10.2 Å². The van der Waals surface area contributed by atoms with E-state index in [-0.39, 0.29) is 5.91 Å². The normalized spacial score (nSPS) is 12.4. The predicted octanol–water partition coefficient (Wildman–Crippen LogP) is 1.94. The van der Waals surface area contributed by atoms with Crippen LogP contribution >= 0.6 is 11.6 Å². The lowest BCUT2D eigenvalue weighted by Crippen LogP contribution is -2.31. The molecule has 0 bridgehead atoms. The lowest BCUT2D eigenvalue weighted by molar-refractivity contribution is -0.124. The van der Waals surface area contributed by atoms with E-state index in [0.717, 1.165) is 17.9 Å². The van der Waals surface area contributed by atoms with E-state index in [0.29, 0.717) is 11.6 Å². The van der Waals surface area contributed by atoms with Crippen molar-refractivity contribution in [3.8, 4) is 0 Å². The summed E-state index contributed by atoms with van der Waals surface area (Å²) in [6.45, 7) is 6.86. The Bertz CT molecular complexity index is 604. The summed E-state index contributed by atoms with van der Waals surface area (Å²) in [5.74, 6) is -0.112. The predicted molar refractivity (Wildman–Crippen MR) is 76.4 cm³/mol. The first-order valence-corrected chi connectivity index (χ1v) is 6.90. The zero-order valence-corrected chi connectivity index (χ0v) is 12.6. The molecular formula is C13H18ClN5O. The van der Waals surface area contributed by atoms with Crippen molar-refractivity contribution in [3.05, 3.63) is 34.9 Å². The molecule has 1 amide bonds. The summed E-state index contributed by atoms with van der Waals surface area (Å²) in [6, 6.07) is 1.49. The number of hydrogen-bond acceptors (Lipinski definition) is 3. The number of aryl methyl sites for hydroxylation is 1. The van der Waals surface area contributed by atoms with Gasteiger partial charge in [0.15, 0.2) is 0 Å². The van der Waals surface area contributed by atoms with E-state index >= 15 is 0 Å². The van der Waals surface area contributed by atoms with Crippen molar-refractivity contribution in [3.63, 3.8) is 0 Å². The fraction of sp³-hybridized carbons (Fsp3) is 0.462. The minimum absolute atomic E-state index is 0.112. The van der Waals surface area contributed by atoms with E-state index < -0.39 is 6.04 Å². The first kappa shape index (κ1) is 14.6. The van der Waals surface area contributed by atoms with Gasteiger partial charge in [0.05, 0.1) is 29.2 Å². The molecule has 1 N–H and O–H groups in total. The van der Waals surface area contributed by atoms with Crippen molar-refractivity contribution >= 4 is 17.5 Å². The monoisotopic (exact) mass is 295 g/mol. The average Bonchev–Trinajstić information content (AvgIpc) is 3.03. The minimum atomic E-state index is -0.407. The van der Waals surface area contributed by atoms with Crippen LogP contribution in [0.3, 0.4) is 0 Å². The van der Waals surface area contributed by atoms with Gasteiger partial charge in [0.1, 0.15) is 6.04 Å². The lowest BCUT2D eigenvalue weighted by Gasteiger charge is -2.13. The molecule has 0 aliphatic carbocycles. The Balaban J connectivity index is 1.96. The summed E-state index contributed by atoms with van der Waals surface area (Å²) < 4.78 is 3.44. The molecule has 0 saturated carbocycles. The maximum absolute atomic E-state index is 12.1. The summed E-state index contributed by atoms with van der Waals surface area (Å²) in [7, 11) is 0. The van der Waals surface area contributed by atoms with Crippen LogP contribution in [0.1, 0.15) is 31.3 Å². The Kier molecular flexibility index (Phi) is 4.44. The zero-order valence-electron chi connectivity index (χ0n) is 11.8. The molecule has 0 fully saturated rings. The first-order valence-electron chi connectivity index (χ1n) is 6.52. The molecule has 0 aliphatic rings. The van der Waals surface area contributed by atoms with Crippen LogP contribution in [0, 0.1) is 6.92 Å². The number of halogens is 1. The number of amides is 1. The van der Waals surface area contributed by atoms with Gasteiger partial charge in [-0.05, 0) is 26.8 Å². The maximum atomic E-state index is 12.1. The second kappa shape index (κ2) is 6.09. The van der Waals surface area contributed by atoms with Crippen LogP contribution < -0.4 is 5.32 Å². The number of rotatable bonds is 5. The van der Waals surface area contributed by atoms with E-state index in [2.05, 4.69) is 15.5 Å². The molecule has 2 rings (SSSR count). The van der Waals surface area contributed by atoms with Crippen LogP contribution in [-0.2, 0) is 17.9 Å². The van der Waals surface area contributed by atoms with Crippen molar-refractivity contribution < 1.29 is 4.79 Å². The van der Waals surface area contributed by atoms with Crippen molar-refractivity contribution in [2.45, 2.75) is 39.9 Å². The molecule has 20 heavy (non-hydrogen) atoms. The minimum Gasteiger partial charge on any atom is -0.349 e. The molecule has 0 spiro atoms. The third-order valence-corrected chi connectivity index (χ3v) is 3.57. The van der Waals surface area contributed by atoms with Gasteiger partial charge < -0.3 is 5.32 Å². The van der Waals surface area contributed by atoms with Gasteiger partial charge in [0.2, 0.25) is 5.91 Å². The second-order valence-electron chi connectivity index (χ2n) is 4.58. The molecular weight excluding hydrogens is 278 g/mol. The molecule has 2 aromatic heterocycles. The molecule has 0 saturated heterocycles. The molecule has 0 aliphatic heterocycles. The Morgan fingerprint density at radius 2 is 2.30 bits per heavy atom. The summed E-state index contributed by atoms with van der Waals surface area (Å²) in [6.07, 6.45) is 3.44. The topological polar surface area (TPSA) is 64.7 Å². The molecule has 0 aromatic carbocycles. The van der Waals surface area contributed by atoms with Crippen molar-refractivity contribution in [1.29, 1.82) is 0 Å². The Hall–Kier alpha value is -1.82. The smallest absolute Gasteiger partial charge is 0.244 e. The molecule has 1 unspecified atom stereocenters. The van der Waals surface area contributed by atoms with Gasteiger partial charge in [-0.1, -0.05) is 11.6 Å². The fourth-order valence-corrected chi connectivity index (χ4v) is 2.03. The highest BCUT2D eigenvalue weighted by Gasteiger charge is 2.18. The number of carbonyl (C=O) groups is 1. The highest BCUT2D eigenvalue weighted by molar-refractivity contribution is 6.31. The number of carbonyl (C=O) groups excluding carboxylic acids is 1. The van der Waals surface area contributed by atoms with Crippen LogP contribution in [0.25, 0.3) is 0 Å². The highest BCUT2D eigenvalue weighted by atomic mass is 35.5. The molecule has 1 atom stereocenters. The van der Waals surface area contributed by atoms with Gasteiger partial charge in [-0.3, -0.25) is 14.2 Å². The van der Waals surface area contributed by atoms with E-state index in [9.17, 15) is 4.79 Å². The lowest BCUT2D eigenvalue weighted by atomic mass is 10.3. The standard InChI is InChI=1S/C13H18ClN5O/c1-4-18-6-5-11(17-18)7-15-13(20)10(3)19-9(2)12(14)8-16-19/h5-6,8,10H,4,7H2,1-3H3,(H,15,20). The van der Waals surface area contributed by atoms with Crippen molar-refractivity contribution in [2.75, 3.05) is 0 Å². The SMILES string of the molecule is CCn1ccc(CNC(=O)C(C)n2ncc(Cl)c2C)n1. The van der Waals surface area contributed by atoms with Gasteiger partial charge in [0, 0.05) is 12.7 Å². The van der Waals surface area contributed by atoms with Crippen molar-refractivity contribution in [1.82, 2.24) is 24.9 Å². The van der Waals surface area contributed by atoms with Crippen LogP contribution in [0.5, 0.6) is 0 Å². The number of nitrogens with one attached hydrogen (secondary N) is 1. The maximum Gasteiger partial charge on any atom is 0.244 e. The van der Waals surface area contributed by atoms with Gasteiger partial charge >= 0.3 is 0 Å². The zero-order chi connectivity index (χ0) is 14.7. The Morgan fingerprint density at radius 1 is 1.55 bits per heavy atom. The summed E-state index contributed by atoms with van der Waals surface area (Å²) >= 11 is 5.94. The third kappa shape index (κ3) is 3.01. The largest absolute Gasteiger partial charge is 0.349 e. The molecule has 108 valence electrons. The van der Waals surface area contributed by atoms with Crippen LogP contribution in [0.2, 0.25) is 5.02 Å². The molecule has 2 aromatic rings. The fourth-order valence-electron chi connectivity index (χ4n) is 1.90. The summed E-state index contributed by atoms with van der Waals surface area (Å²) in [4.78, 5) is 12.1. The third-order valence-electron chi connectivity index (χ3n) is 3.19. The van der Waals surface area contributed by atoms with Crippen LogP contribution in [0.4, 0.5) is 0 Å². The second-order valence-corrected chi connectivity index (χ2v) is 4.99. The summed E-state index contributed by atoms with van der Waals surface area (Å²) in [5.41, 5.74) is 1.62. The average molecular weight is 296 g/mol. The Labute approximate surface area is 122 Å². The summed E-state index contributed by atoms with van der Waals surface area (Å²) in [5, 5.41) is 11.8. The number of hydrogen-bond donors (Lipinski definition) is 1. The molecule has 7 heteroatoms. The van der Waals surface area contributed by atoms with Gasteiger partial charge in [-0.25, -0.2) is 0 Å². The molecule has 0 radical (unpaired) electrons. The van der Waals surface area contributed by atoms with Crippen LogP contribution in [0.15, 0.2) is 18.5 Å². The van der Waals surface area contributed by atoms with Crippen LogP contribution in [-0.4, -0.2) is 25.5 Å². The van der Waals surface area contributed by atoms with Gasteiger partial charge in [-0.15, -0.1) is 0 Å². The Morgan fingerprint density at radius 3 is 2.85 bits per heavy atom. The van der Waals surface area contributed by atoms with E-state index in [4.69, 9.17) is 11.6 Å². The number of aromatic nitrogens is 4. The molecule has 6 nitrogen and oxygen atoms in total. The highest BCUT2D eigenvalue weighted by Crippen LogP contribution is 2.17. The quantitative estimate of drug-likeness (QED) is 0.917. The first-order chi connectivity index (χ1) is 9.52. The van der Waals surface area contributed by atoms with E-state index in [1.165, 1.54) is 0 Å². The van der Waals surface area contributed by atoms with E-state index in [1.807, 2.05) is 30.8 Å². The van der Waals surface area contributed by atoms with Gasteiger partial charge in [0.25, 0.3) is 0 Å². The van der Waals surface area contributed by atoms with Crippen molar-refractivity contribution in [2.24, 2.45) is 0 Å². The number of nitrogens with zero attached hydrogens (tertiary/aromatic N) is 4. The molecule has 2 heterocycles.